The Morgan fingerprint density at radius 2 is 2.00 bits per heavy atom. The second-order valence-electron chi connectivity index (χ2n) is 4.36. The molecule has 3 rings (SSSR count). The van der Waals surface area contributed by atoms with Crippen molar-refractivity contribution < 1.29 is 4.39 Å². The molecule has 0 spiro atoms. The van der Waals surface area contributed by atoms with Crippen LogP contribution in [-0.4, -0.2) is 4.57 Å². The Balaban J connectivity index is 2.06. The van der Waals surface area contributed by atoms with Gasteiger partial charge in [-0.25, -0.2) is 4.39 Å². The first kappa shape index (κ1) is 12.7. The summed E-state index contributed by atoms with van der Waals surface area (Å²) in [5.41, 5.74) is 2.01. The molecule has 0 aliphatic heterocycles. The number of fused-ring (bicyclic) bond motifs is 1. The SMILES string of the molecule is Fc1ccc(Cn2ccc3cccc(Cl)c32)c(Br)c1. The van der Waals surface area contributed by atoms with E-state index >= 15 is 0 Å². The Bertz CT molecular complexity index is 751. The van der Waals surface area contributed by atoms with Crippen molar-refractivity contribution in [3.63, 3.8) is 0 Å². The lowest BCUT2D eigenvalue weighted by atomic mass is 10.2. The number of hydrogen-bond donors (Lipinski definition) is 0. The lowest BCUT2D eigenvalue weighted by molar-refractivity contribution is 0.625. The fourth-order valence-corrected chi connectivity index (χ4v) is 2.95. The topological polar surface area (TPSA) is 4.93 Å². The van der Waals surface area contributed by atoms with E-state index in [2.05, 4.69) is 20.5 Å². The van der Waals surface area contributed by atoms with E-state index in [1.165, 1.54) is 12.1 Å². The second kappa shape index (κ2) is 4.99. The highest BCUT2D eigenvalue weighted by Gasteiger charge is 2.07. The normalized spacial score (nSPS) is 11.1. The van der Waals surface area contributed by atoms with E-state index in [-0.39, 0.29) is 5.82 Å². The van der Waals surface area contributed by atoms with Crippen molar-refractivity contribution in [2.45, 2.75) is 6.54 Å². The fourth-order valence-electron chi connectivity index (χ4n) is 2.18. The van der Waals surface area contributed by atoms with Crippen LogP contribution in [0.1, 0.15) is 5.56 Å². The molecule has 0 saturated carbocycles. The van der Waals surface area contributed by atoms with Gasteiger partial charge in [-0.3, -0.25) is 0 Å². The lowest BCUT2D eigenvalue weighted by Crippen LogP contribution is -1.99. The van der Waals surface area contributed by atoms with E-state index in [1.54, 1.807) is 6.07 Å². The molecule has 0 N–H and O–H groups in total. The van der Waals surface area contributed by atoms with Crippen molar-refractivity contribution in [1.82, 2.24) is 4.57 Å². The molecule has 0 radical (unpaired) electrons. The Hall–Kier alpha value is -1.32. The van der Waals surface area contributed by atoms with E-state index in [0.29, 0.717) is 6.54 Å². The van der Waals surface area contributed by atoms with Crippen LogP contribution in [0.25, 0.3) is 10.9 Å². The van der Waals surface area contributed by atoms with Crippen molar-refractivity contribution in [3.8, 4) is 0 Å². The highest BCUT2D eigenvalue weighted by Crippen LogP contribution is 2.26. The van der Waals surface area contributed by atoms with E-state index in [9.17, 15) is 4.39 Å². The predicted octanol–water partition coefficient (Wildman–Crippen LogP) is 5.24. The van der Waals surface area contributed by atoms with Crippen LogP contribution in [0.15, 0.2) is 53.1 Å². The Morgan fingerprint density at radius 1 is 1.16 bits per heavy atom. The first-order chi connectivity index (χ1) is 9.15. The molecule has 0 amide bonds. The average molecular weight is 339 g/mol. The van der Waals surface area contributed by atoms with Gasteiger partial charge in [-0.2, -0.15) is 0 Å². The standard InChI is InChI=1S/C15H10BrClFN/c16-13-8-12(18)5-4-11(13)9-19-7-6-10-2-1-3-14(17)15(10)19/h1-8H,9H2. The summed E-state index contributed by atoms with van der Waals surface area (Å²) in [5, 5.41) is 1.83. The van der Waals surface area contributed by atoms with Crippen LogP contribution in [0.5, 0.6) is 0 Å². The Morgan fingerprint density at radius 3 is 2.79 bits per heavy atom. The van der Waals surface area contributed by atoms with Crippen LogP contribution in [0.4, 0.5) is 4.39 Å². The minimum absolute atomic E-state index is 0.244. The van der Waals surface area contributed by atoms with Crippen LogP contribution in [0.2, 0.25) is 5.02 Å². The van der Waals surface area contributed by atoms with Crippen molar-refractivity contribution in [2.24, 2.45) is 0 Å². The average Bonchev–Trinajstić information content (AvgIpc) is 2.77. The molecular weight excluding hydrogens is 329 g/mol. The van der Waals surface area contributed by atoms with Gasteiger partial charge in [0.25, 0.3) is 0 Å². The maximum Gasteiger partial charge on any atom is 0.124 e. The molecule has 0 saturated heterocycles. The largest absolute Gasteiger partial charge is 0.342 e. The van der Waals surface area contributed by atoms with Gasteiger partial charge in [0.2, 0.25) is 0 Å². The molecule has 0 unspecified atom stereocenters. The highest BCUT2D eigenvalue weighted by molar-refractivity contribution is 9.10. The van der Waals surface area contributed by atoms with Crippen molar-refractivity contribution >= 4 is 38.4 Å². The second-order valence-corrected chi connectivity index (χ2v) is 5.62. The van der Waals surface area contributed by atoms with E-state index in [4.69, 9.17) is 11.6 Å². The Kier molecular flexibility index (Phi) is 3.33. The summed E-state index contributed by atoms with van der Waals surface area (Å²) in [6.45, 7) is 0.647. The predicted molar refractivity (Wildman–Crippen MR) is 80.2 cm³/mol. The van der Waals surface area contributed by atoms with Gasteiger partial charge in [0.1, 0.15) is 5.82 Å². The summed E-state index contributed by atoms with van der Waals surface area (Å²) in [7, 11) is 0. The summed E-state index contributed by atoms with van der Waals surface area (Å²) in [6, 6.07) is 12.6. The molecule has 96 valence electrons. The molecule has 19 heavy (non-hydrogen) atoms. The molecule has 1 heterocycles. The molecule has 0 aliphatic carbocycles. The van der Waals surface area contributed by atoms with Gasteiger partial charge in [-0.05, 0) is 29.8 Å². The van der Waals surface area contributed by atoms with E-state index in [1.807, 2.05) is 30.5 Å². The molecule has 4 heteroatoms. The summed E-state index contributed by atoms with van der Waals surface area (Å²) in [6.07, 6.45) is 1.99. The first-order valence-electron chi connectivity index (χ1n) is 5.82. The van der Waals surface area contributed by atoms with Crippen LogP contribution in [0, 0.1) is 5.82 Å². The number of hydrogen-bond acceptors (Lipinski definition) is 0. The van der Waals surface area contributed by atoms with Crippen molar-refractivity contribution in [2.75, 3.05) is 0 Å². The smallest absolute Gasteiger partial charge is 0.124 e. The fraction of sp³-hybridized carbons (Fsp3) is 0.0667. The number of benzene rings is 2. The summed E-state index contributed by atoms with van der Waals surface area (Å²) in [4.78, 5) is 0. The molecule has 2 aromatic carbocycles. The minimum atomic E-state index is -0.244. The van der Waals surface area contributed by atoms with Gasteiger partial charge in [0.15, 0.2) is 0 Å². The van der Waals surface area contributed by atoms with Crippen LogP contribution >= 0.6 is 27.5 Å². The third kappa shape index (κ3) is 2.40. The zero-order valence-corrected chi connectivity index (χ0v) is 12.2. The minimum Gasteiger partial charge on any atom is -0.342 e. The molecule has 0 atom stereocenters. The van der Waals surface area contributed by atoms with Crippen molar-refractivity contribution in [1.29, 1.82) is 0 Å². The molecule has 1 aromatic heterocycles. The third-order valence-electron chi connectivity index (χ3n) is 3.10. The molecule has 0 aliphatic rings. The molecular formula is C15H10BrClFN. The van der Waals surface area contributed by atoms with E-state index in [0.717, 1.165) is 26.0 Å². The van der Waals surface area contributed by atoms with Gasteiger partial charge in [-0.15, -0.1) is 0 Å². The highest BCUT2D eigenvalue weighted by atomic mass is 79.9. The molecule has 1 nitrogen and oxygen atoms in total. The summed E-state index contributed by atoms with van der Waals surface area (Å²) < 4.78 is 15.9. The molecule has 0 bridgehead atoms. The van der Waals surface area contributed by atoms with Gasteiger partial charge >= 0.3 is 0 Å². The first-order valence-corrected chi connectivity index (χ1v) is 6.99. The zero-order chi connectivity index (χ0) is 13.4. The van der Waals surface area contributed by atoms with Gasteiger partial charge in [0, 0.05) is 22.6 Å². The third-order valence-corrected chi connectivity index (χ3v) is 4.14. The monoisotopic (exact) mass is 337 g/mol. The molecule has 0 fully saturated rings. The number of para-hydroxylation sites is 1. The maximum atomic E-state index is 13.1. The number of halogens is 3. The van der Waals surface area contributed by atoms with Crippen LogP contribution in [0.3, 0.4) is 0 Å². The zero-order valence-electron chi connectivity index (χ0n) is 9.91. The lowest BCUT2D eigenvalue weighted by Gasteiger charge is -2.09. The number of nitrogens with zero attached hydrogens (tertiary/aromatic N) is 1. The number of rotatable bonds is 2. The van der Waals surface area contributed by atoms with Crippen molar-refractivity contribution in [3.05, 3.63) is 69.5 Å². The maximum absolute atomic E-state index is 13.1. The Labute approximate surface area is 123 Å². The quantitative estimate of drug-likeness (QED) is 0.602. The van der Waals surface area contributed by atoms with E-state index < -0.39 is 0 Å². The van der Waals surface area contributed by atoms with Crippen LogP contribution in [-0.2, 0) is 6.54 Å². The molecule has 3 aromatic rings. The summed E-state index contributed by atoms with van der Waals surface area (Å²) in [5.74, 6) is -0.244. The van der Waals surface area contributed by atoms with Crippen LogP contribution < -0.4 is 0 Å². The van der Waals surface area contributed by atoms with Gasteiger partial charge in [0.05, 0.1) is 10.5 Å². The van der Waals surface area contributed by atoms with Gasteiger partial charge in [-0.1, -0.05) is 45.7 Å². The summed E-state index contributed by atoms with van der Waals surface area (Å²) >= 11 is 9.63. The number of aromatic nitrogens is 1. The van der Waals surface area contributed by atoms with Gasteiger partial charge < -0.3 is 4.57 Å².